The normalized spacial score (nSPS) is 11.7. The van der Waals surface area contributed by atoms with E-state index in [0.717, 1.165) is 5.56 Å². The van der Waals surface area contributed by atoms with Gasteiger partial charge in [-0.3, -0.25) is 4.79 Å². The van der Waals surface area contributed by atoms with Crippen molar-refractivity contribution in [2.24, 2.45) is 0 Å². The number of ether oxygens (including phenoxy) is 1. The SMILES string of the molecule is C=CCNC(=O)C(C)Oc1ccc(Cl)c(C)c1. The van der Waals surface area contributed by atoms with Gasteiger partial charge in [0.1, 0.15) is 5.75 Å². The number of nitrogens with one attached hydrogen (secondary N) is 1. The van der Waals surface area contributed by atoms with Crippen molar-refractivity contribution >= 4 is 17.5 Å². The quantitative estimate of drug-likeness (QED) is 0.820. The van der Waals surface area contributed by atoms with Gasteiger partial charge in [0.25, 0.3) is 5.91 Å². The lowest BCUT2D eigenvalue weighted by atomic mass is 10.2. The number of amides is 1. The highest BCUT2D eigenvalue weighted by Crippen LogP contribution is 2.21. The van der Waals surface area contributed by atoms with E-state index in [1.807, 2.05) is 6.92 Å². The predicted molar refractivity (Wildman–Crippen MR) is 69.5 cm³/mol. The van der Waals surface area contributed by atoms with Crippen LogP contribution in [0.25, 0.3) is 0 Å². The topological polar surface area (TPSA) is 38.3 Å². The highest BCUT2D eigenvalue weighted by atomic mass is 35.5. The molecular weight excluding hydrogens is 238 g/mol. The lowest BCUT2D eigenvalue weighted by molar-refractivity contribution is -0.127. The minimum Gasteiger partial charge on any atom is -0.481 e. The third-order valence-corrected chi connectivity index (χ3v) is 2.66. The second-order valence-corrected chi connectivity index (χ2v) is 4.11. The van der Waals surface area contributed by atoms with Gasteiger partial charge >= 0.3 is 0 Å². The molecule has 0 aliphatic heterocycles. The average Bonchev–Trinajstić information content (AvgIpc) is 2.30. The van der Waals surface area contributed by atoms with Crippen molar-refractivity contribution in [1.29, 1.82) is 0 Å². The largest absolute Gasteiger partial charge is 0.481 e. The maximum absolute atomic E-state index is 11.5. The van der Waals surface area contributed by atoms with Crippen LogP contribution < -0.4 is 10.1 Å². The smallest absolute Gasteiger partial charge is 0.261 e. The Bertz CT molecular complexity index is 418. The zero-order valence-electron chi connectivity index (χ0n) is 10.00. The van der Waals surface area contributed by atoms with Gasteiger partial charge in [-0.25, -0.2) is 0 Å². The Labute approximate surface area is 106 Å². The van der Waals surface area contributed by atoms with Crippen LogP contribution in [0.3, 0.4) is 0 Å². The molecule has 0 aliphatic rings. The highest BCUT2D eigenvalue weighted by Gasteiger charge is 2.13. The molecule has 0 aliphatic carbocycles. The second-order valence-electron chi connectivity index (χ2n) is 3.70. The summed E-state index contributed by atoms with van der Waals surface area (Å²) >= 11 is 5.90. The van der Waals surface area contributed by atoms with Crippen LogP contribution in [0.4, 0.5) is 0 Å². The summed E-state index contributed by atoms with van der Waals surface area (Å²) in [6, 6.07) is 5.30. The van der Waals surface area contributed by atoms with Crippen LogP contribution in [0, 0.1) is 6.92 Å². The summed E-state index contributed by atoms with van der Waals surface area (Å²) in [4.78, 5) is 11.5. The van der Waals surface area contributed by atoms with E-state index in [1.165, 1.54) is 0 Å². The molecule has 1 N–H and O–H groups in total. The molecule has 0 saturated carbocycles. The van der Waals surface area contributed by atoms with Gasteiger partial charge in [0.2, 0.25) is 0 Å². The Morgan fingerprint density at radius 3 is 2.94 bits per heavy atom. The molecule has 0 bridgehead atoms. The van der Waals surface area contributed by atoms with Gasteiger partial charge < -0.3 is 10.1 Å². The van der Waals surface area contributed by atoms with E-state index in [-0.39, 0.29) is 5.91 Å². The van der Waals surface area contributed by atoms with Crippen LogP contribution in [-0.4, -0.2) is 18.6 Å². The summed E-state index contributed by atoms with van der Waals surface area (Å²) in [6.07, 6.45) is 1.08. The molecule has 0 aromatic heterocycles. The van der Waals surface area contributed by atoms with E-state index in [1.54, 1.807) is 31.2 Å². The number of rotatable bonds is 5. The first kappa shape index (κ1) is 13.6. The number of halogens is 1. The van der Waals surface area contributed by atoms with Gasteiger partial charge in [-0.15, -0.1) is 6.58 Å². The molecule has 0 spiro atoms. The maximum atomic E-state index is 11.5. The predicted octanol–water partition coefficient (Wildman–Crippen LogP) is 2.72. The van der Waals surface area contributed by atoms with Crippen LogP contribution in [0.15, 0.2) is 30.9 Å². The number of hydrogen-bond donors (Lipinski definition) is 1. The van der Waals surface area contributed by atoms with Crippen molar-refractivity contribution in [2.45, 2.75) is 20.0 Å². The molecule has 1 aromatic carbocycles. The minimum atomic E-state index is -0.546. The molecule has 1 aromatic rings. The van der Waals surface area contributed by atoms with E-state index in [4.69, 9.17) is 16.3 Å². The fraction of sp³-hybridized carbons (Fsp3) is 0.308. The fourth-order valence-corrected chi connectivity index (χ4v) is 1.38. The minimum absolute atomic E-state index is 0.169. The first-order valence-electron chi connectivity index (χ1n) is 5.36. The number of aryl methyl sites for hydroxylation is 1. The number of hydrogen-bond acceptors (Lipinski definition) is 2. The molecule has 1 unspecified atom stereocenters. The van der Waals surface area contributed by atoms with E-state index in [2.05, 4.69) is 11.9 Å². The van der Waals surface area contributed by atoms with Crippen LogP contribution in [0.5, 0.6) is 5.75 Å². The number of carbonyl (C=O) groups excluding carboxylic acids is 1. The van der Waals surface area contributed by atoms with E-state index in [9.17, 15) is 4.79 Å². The van der Waals surface area contributed by atoms with Crippen LogP contribution in [0.2, 0.25) is 5.02 Å². The average molecular weight is 254 g/mol. The third kappa shape index (κ3) is 4.11. The Hall–Kier alpha value is -1.48. The van der Waals surface area contributed by atoms with E-state index in [0.29, 0.717) is 17.3 Å². The lowest BCUT2D eigenvalue weighted by Gasteiger charge is -2.14. The molecule has 0 heterocycles. The number of carbonyl (C=O) groups is 1. The zero-order valence-corrected chi connectivity index (χ0v) is 10.8. The molecule has 4 heteroatoms. The zero-order chi connectivity index (χ0) is 12.8. The summed E-state index contributed by atoms with van der Waals surface area (Å²) in [6.45, 7) is 7.55. The lowest BCUT2D eigenvalue weighted by Crippen LogP contribution is -2.36. The summed E-state index contributed by atoms with van der Waals surface area (Å²) in [5.74, 6) is 0.464. The molecule has 0 radical (unpaired) electrons. The van der Waals surface area contributed by atoms with Crippen molar-refractivity contribution < 1.29 is 9.53 Å². The molecule has 1 amide bonds. The summed E-state index contributed by atoms with van der Waals surface area (Å²) in [7, 11) is 0. The van der Waals surface area contributed by atoms with Crippen molar-refractivity contribution in [1.82, 2.24) is 5.32 Å². The van der Waals surface area contributed by atoms with E-state index >= 15 is 0 Å². The van der Waals surface area contributed by atoms with Crippen molar-refractivity contribution in [2.75, 3.05) is 6.54 Å². The first-order valence-corrected chi connectivity index (χ1v) is 5.74. The van der Waals surface area contributed by atoms with Gasteiger partial charge in [0.05, 0.1) is 0 Å². The second kappa shape index (κ2) is 6.30. The van der Waals surface area contributed by atoms with Gasteiger partial charge in [-0.1, -0.05) is 17.7 Å². The van der Waals surface area contributed by atoms with Crippen LogP contribution >= 0.6 is 11.6 Å². The molecular formula is C13H16ClNO2. The third-order valence-electron chi connectivity index (χ3n) is 2.23. The first-order chi connectivity index (χ1) is 8.04. The Morgan fingerprint density at radius 1 is 1.65 bits per heavy atom. The standard InChI is InChI=1S/C13H16ClNO2/c1-4-7-15-13(16)10(3)17-11-5-6-12(14)9(2)8-11/h4-6,8,10H,1,7H2,2-3H3,(H,15,16). The summed E-state index contributed by atoms with van der Waals surface area (Å²) in [5.41, 5.74) is 0.919. The molecule has 3 nitrogen and oxygen atoms in total. The molecule has 0 fully saturated rings. The van der Waals surface area contributed by atoms with Crippen LogP contribution in [0.1, 0.15) is 12.5 Å². The maximum Gasteiger partial charge on any atom is 0.261 e. The molecule has 1 atom stereocenters. The van der Waals surface area contributed by atoms with Crippen molar-refractivity contribution in [3.05, 3.63) is 41.4 Å². The Morgan fingerprint density at radius 2 is 2.35 bits per heavy atom. The molecule has 17 heavy (non-hydrogen) atoms. The summed E-state index contributed by atoms with van der Waals surface area (Å²) in [5, 5.41) is 3.35. The van der Waals surface area contributed by atoms with Gasteiger partial charge in [-0.05, 0) is 37.6 Å². The highest BCUT2D eigenvalue weighted by molar-refractivity contribution is 6.31. The van der Waals surface area contributed by atoms with Gasteiger partial charge in [0.15, 0.2) is 6.10 Å². The molecule has 92 valence electrons. The van der Waals surface area contributed by atoms with Crippen LogP contribution in [-0.2, 0) is 4.79 Å². The van der Waals surface area contributed by atoms with E-state index < -0.39 is 6.10 Å². The van der Waals surface area contributed by atoms with Gasteiger partial charge in [-0.2, -0.15) is 0 Å². The Kier molecular flexibility index (Phi) is 5.04. The van der Waals surface area contributed by atoms with Crippen molar-refractivity contribution in [3.8, 4) is 5.75 Å². The number of benzene rings is 1. The Balaban J connectivity index is 2.61. The fourth-order valence-electron chi connectivity index (χ4n) is 1.26. The molecule has 1 rings (SSSR count). The monoisotopic (exact) mass is 253 g/mol. The van der Waals surface area contributed by atoms with Crippen molar-refractivity contribution in [3.63, 3.8) is 0 Å². The molecule has 0 saturated heterocycles. The summed E-state index contributed by atoms with van der Waals surface area (Å²) < 4.78 is 5.50. The van der Waals surface area contributed by atoms with Gasteiger partial charge in [0, 0.05) is 11.6 Å².